The zero-order valence-corrected chi connectivity index (χ0v) is 6.79. The van der Waals surface area contributed by atoms with Crippen LogP contribution in [0.4, 0.5) is 0 Å². The van der Waals surface area contributed by atoms with Crippen molar-refractivity contribution < 1.29 is 4.74 Å². The zero-order chi connectivity index (χ0) is 8.81. The number of nitriles is 1. The molecule has 1 rings (SSSR count). The fraction of sp³-hybridized carbons (Fsp3) is 0.200. The normalized spacial score (nSPS) is 9.33. The Bertz CT molecular complexity index is 288. The van der Waals surface area contributed by atoms with Gasteiger partial charge in [-0.05, 0) is 24.6 Å². The Labute approximate surface area is 72.4 Å². The van der Waals surface area contributed by atoms with Gasteiger partial charge in [-0.2, -0.15) is 5.26 Å². The standard InChI is InChI=1S/C10H10NO/c1-2-12-8-10-5-3-4-9(6-10)7-11/h3-6H,1-2,8H2. The number of nitrogens with zero attached hydrogens (tertiary/aromatic N) is 1. The molecule has 0 N–H and O–H groups in total. The number of benzene rings is 1. The van der Waals surface area contributed by atoms with E-state index in [9.17, 15) is 0 Å². The molecule has 0 aliphatic heterocycles. The summed E-state index contributed by atoms with van der Waals surface area (Å²) < 4.78 is 5.10. The van der Waals surface area contributed by atoms with Gasteiger partial charge >= 0.3 is 0 Å². The number of ether oxygens (including phenoxy) is 1. The van der Waals surface area contributed by atoms with E-state index in [-0.39, 0.29) is 0 Å². The van der Waals surface area contributed by atoms with Crippen molar-refractivity contribution in [3.05, 3.63) is 42.3 Å². The van der Waals surface area contributed by atoms with Crippen LogP contribution in [0.15, 0.2) is 24.3 Å². The van der Waals surface area contributed by atoms with Crippen LogP contribution in [-0.4, -0.2) is 6.61 Å². The predicted molar refractivity (Wildman–Crippen MR) is 46.2 cm³/mol. The Morgan fingerprint density at radius 1 is 1.50 bits per heavy atom. The summed E-state index contributed by atoms with van der Waals surface area (Å²) >= 11 is 0. The summed E-state index contributed by atoms with van der Waals surface area (Å²) in [5, 5.41) is 8.58. The van der Waals surface area contributed by atoms with Gasteiger partial charge in [0, 0.05) is 6.61 Å². The molecular weight excluding hydrogens is 150 g/mol. The molecule has 0 atom stereocenters. The molecule has 1 aromatic rings. The van der Waals surface area contributed by atoms with Crippen LogP contribution >= 0.6 is 0 Å². The second kappa shape index (κ2) is 4.53. The summed E-state index contributed by atoms with van der Waals surface area (Å²) in [6, 6.07) is 9.43. The van der Waals surface area contributed by atoms with Crippen LogP contribution in [0.3, 0.4) is 0 Å². The maximum absolute atomic E-state index is 8.58. The molecule has 0 unspecified atom stereocenters. The first kappa shape index (κ1) is 8.76. The fourth-order valence-electron chi connectivity index (χ4n) is 0.921. The van der Waals surface area contributed by atoms with E-state index >= 15 is 0 Å². The Hall–Kier alpha value is -1.33. The average Bonchev–Trinajstić information content (AvgIpc) is 2.15. The molecule has 1 aromatic carbocycles. The quantitative estimate of drug-likeness (QED) is 0.676. The van der Waals surface area contributed by atoms with Crippen molar-refractivity contribution >= 4 is 0 Å². The minimum atomic E-state index is 0.455. The Balaban J connectivity index is 2.68. The highest BCUT2D eigenvalue weighted by molar-refractivity contribution is 5.32. The van der Waals surface area contributed by atoms with E-state index in [1.54, 1.807) is 6.07 Å². The number of hydrogen-bond acceptors (Lipinski definition) is 2. The smallest absolute Gasteiger partial charge is 0.0991 e. The molecule has 12 heavy (non-hydrogen) atoms. The summed E-state index contributed by atoms with van der Waals surface area (Å²) in [6.07, 6.45) is 0. The Morgan fingerprint density at radius 2 is 2.33 bits per heavy atom. The topological polar surface area (TPSA) is 33.0 Å². The van der Waals surface area contributed by atoms with Crippen molar-refractivity contribution in [3.63, 3.8) is 0 Å². The van der Waals surface area contributed by atoms with Crippen LogP contribution in [0.1, 0.15) is 11.1 Å². The summed E-state index contributed by atoms with van der Waals surface area (Å²) in [7, 11) is 0. The van der Waals surface area contributed by atoms with Gasteiger partial charge in [0.1, 0.15) is 0 Å². The van der Waals surface area contributed by atoms with Gasteiger partial charge in [0.05, 0.1) is 18.2 Å². The van der Waals surface area contributed by atoms with E-state index in [0.717, 1.165) is 5.56 Å². The summed E-state index contributed by atoms with van der Waals surface area (Å²) in [6.45, 7) is 4.54. The maximum Gasteiger partial charge on any atom is 0.0991 e. The van der Waals surface area contributed by atoms with Gasteiger partial charge in [-0.1, -0.05) is 12.1 Å². The third-order valence-corrected chi connectivity index (χ3v) is 1.47. The molecule has 0 spiro atoms. The molecule has 0 aromatic heterocycles. The van der Waals surface area contributed by atoms with Crippen molar-refractivity contribution in [2.45, 2.75) is 6.61 Å². The molecule has 0 aliphatic rings. The maximum atomic E-state index is 8.58. The van der Waals surface area contributed by atoms with E-state index in [0.29, 0.717) is 18.8 Å². The van der Waals surface area contributed by atoms with Crippen molar-refractivity contribution in [2.75, 3.05) is 6.61 Å². The molecule has 1 radical (unpaired) electrons. The monoisotopic (exact) mass is 160 g/mol. The molecule has 0 saturated heterocycles. The molecule has 2 heteroatoms. The van der Waals surface area contributed by atoms with Crippen LogP contribution in [0.25, 0.3) is 0 Å². The van der Waals surface area contributed by atoms with E-state index < -0.39 is 0 Å². The lowest BCUT2D eigenvalue weighted by Crippen LogP contribution is -1.91. The minimum Gasteiger partial charge on any atom is -0.377 e. The highest BCUT2D eigenvalue weighted by Gasteiger charge is 1.93. The van der Waals surface area contributed by atoms with Gasteiger partial charge < -0.3 is 4.74 Å². The largest absolute Gasteiger partial charge is 0.377 e. The second-order valence-electron chi connectivity index (χ2n) is 2.36. The van der Waals surface area contributed by atoms with E-state index in [2.05, 4.69) is 13.0 Å². The lowest BCUT2D eigenvalue weighted by molar-refractivity contribution is 0.147. The van der Waals surface area contributed by atoms with Crippen LogP contribution in [0.2, 0.25) is 0 Å². The highest BCUT2D eigenvalue weighted by Crippen LogP contribution is 2.04. The SMILES string of the molecule is [CH2]COCc1cccc(C#N)c1. The van der Waals surface area contributed by atoms with Crippen molar-refractivity contribution in [2.24, 2.45) is 0 Å². The predicted octanol–water partition coefficient (Wildman–Crippen LogP) is 1.91. The van der Waals surface area contributed by atoms with Crippen LogP contribution in [0.5, 0.6) is 0 Å². The van der Waals surface area contributed by atoms with E-state index in [1.165, 1.54) is 0 Å². The van der Waals surface area contributed by atoms with Crippen LogP contribution < -0.4 is 0 Å². The molecule has 0 amide bonds. The summed E-state index contributed by atoms with van der Waals surface area (Å²) in [4.78, 5) is 0. The first-order chi connectivity index (χ1) is 5.86. The van der Waals surface area contributed by atoms with E-state index in [4.69, 9.17) is 10.00 Å². The number of rotatable bonds is 3. The molecule has 0 heterocycles. The Kier molecular flexibility index (Phi) is 3.31. The molecule has 0 fully saturated rings. The molecule has 0 bridgehead atoms. The van der Waals surface area contributed by atoms with Crippen LogP contribution in [0, 0.1) is 18.3 Å². The molecular formula is C10H10NO. The van der Waals surface area contributed by atoms with E-state index in [1.807, 2.05) is 18.2 Å². The second-order valence-corrected chi connectivity index (χ2v) is 2.36. The minimum absolute atomic E-state index is 0.455. The third kappa shape index (κ3) is 2.37. The van der Waals surface area contributed by atoms with Gasteiger partial charge in [-0.3, -0.25) is 0 Å². The average molecular weight is 160 g/mol. The van der Waals surface area contributed by atoms with Gasteiger partial charge in [-0.15, -0.1) is 0 Å². The number of hydrogen-bond donors (Lipinski definition) is 0. The molecule has 2 nitrogen and oxygen atoms in total. The third-order valence-electron chi connectivity index (χ3n) is 1.47. The summed E-state index contributed by atoms with van der Waals surface area (Å²) in [5.41, 5.74) is 1.68. The summed E-state index contributed by atoms with van der Waals surface area (Å²) in [5.74, 6) is 0. The molecule has 0 aliphatic carbocycles. The van der Waals surface area contributed by atoms with Crippen molar-refractivity contribution in [3.8, 4) is 6.07 Å². The first-order valence-corrected chi connectivity index (χ1v) is 3.73. The van der Waals surface area contributed by atoms with Gasteiger partial charge in [0.2, 0.25) is 0 Å². The van der Waals surface area contributed by atoms with Crippen molar-refractivity contribution in [1.29, 1.82) is 5.26 Å². The Morgan fingerprint density at radius 3 is 3.00 bits per heavy atom. The molecule has 61 valence electrons. The first-order valence-electron chi connectivity index (χ1n) is 3.73. The highest BCUT2D eigenvalue weighted by atomic mass is 16.5. The molecule has 0 saturated carbocycles. The lowest BCUT2D eigenvalue weighted by Gasteiger charge is -2.00. The van der Waals surface area contributed by atoms with Crippen LogP contribution in [-0.2, 0) is 11.3 Å². The fourth-order valence-corrected chi connectivity index (χ4v) is 0.921. The lowest BCUT2D eigenvalue weighted by atomic mass is 10.1. The zero-order valence-electron chi connectivity index (χ0n) is 6.79. The van der Waals surface area contributed by atoms with Gasteiger partial charge in [0.25, 0.3) is 0 Å². The van der Waals surface area contributed by atoms with Crippen molar-refractivity contribution in [1.82, 2.24) is 0 Å². The van der Waals surface area contributed by atoms with Gasteiger partial charge in [0.15, 0.2) is 0 Å². The van der Waals surface area contributed by atoms with Gasteiger partial charge in [-0.25, -0.2) is 0 Å².